The molecular weight excluding hydrogens is 470 g/mol. The van der Waals surface area contributed by atoms with Crippen molar-refractivity contribution in [3.63, 3.8) is 0 Å². The summed E-state index contributed by atoms with van der Waals surface area (Å²) < 4.78 is 19.3. The molecule has 192 valence electrons. The summed E-state index contributed by atoms with van der Waals surface area (Å²) in [6.07, 6.45) is 3.97. The molecule has 1 atom stereocenters. The predicted octanol–water partition coefficient (Wildman–Crippen LogP) is 5.63. The molecule has 1 unspecified atom stereocenters. The van der Waals surface area contributed by atoms with Crippen LogP contribution in [-0.4, -0.2) is 32.4 Å². The number of nitrogens with zero attached hydrogens (tertiary/aromatic N) is 3. The van der Waals surface area contributed by atoms with Gasteiger partial charge < -0.3 is 23.9 Å². The van der Waals surface area contributed by atoms with Crippen molar-refractivity contribution in [2.75, 3.05) is 6.79 Å². The Bertz CT molecular complexity index is 1420. The first-order valence-electron chi connectivity index (χ1n) is 12.7. The number of benzene rings is 2. The van der Waals surface area contributed by atoms with E-state index in [2.05, 4.69) is 40.5 Å². The van der Waals surface area contributed by atoms with E-state index in [-0.39, 0.29) is 6.79 Å². The molecule has 3 heterocycles. The van der Waals surface area contributed by atoms with Gasteiger partial charge in [-0.1, -0.05) is 44.9 Å². The average molecular weight is 502 g/mol. The van der Waals surface area contributed by atoms with E-state index in [1.165, 1.54) is 0 Å². The number of hydrogen-bond acceptors (Lipinski definition) is 6. The summed E-state index contributed by atoms with van der Waals surface area (Å²) in [4.78, 5) is 21.6. The highest BCUT2D eigenvalue weighted by Gasteiger charge is 2.27. The normalized spacial score (nSPS) is 13.2. The van der Waals surface area contributed by atoms with Crippen LogP contribution in [-0.2, 0) is 24.2 Å². The van der Waals surface area contributed by atoms with Crippen molar-refractivity contribution in [2.24, 2.45) is 0 Å². The highest BCUT2D eigenvalue weighted by Crippen LogP contribution is 2.37. The van der Waals surface area contributed by atoms with Gasteiger partial charge in [0, 0.05) is 11.8 Å². The highest BCUT2D eigenvalue weighted by molar-refractivity contribution is 5.75. The van der Waals surface area contributed by atoms with Crippen LogP contribution in [0.25, 0.3) is 11.2 Å². The number of rotatable bonds is 10. The van der Waals surface area contributed by atoms with Gasteiger partial charge in [-0.15, -0.1) is 0 Å². The van der Waals surface area contributed by atoms with Crippen molar-refractivity contribution < 1.29 is 24.1 Å². The van der Waals surface area contributed by atoms with Gasteiger partial charge in [0.1, 0.15) is 17.1 Å². The molecule has 2 aromatic heterocycles. The Morgan fingerprint density at radius 3 is 2.51 bits per heavy atom. The van der Waals surface area contributed by atoms with Crippen LogP contribution < -0.4 is 14.2 Å². The fourth-order valence-electron chi connectivity index (χ4n) is 4.88. The van der Waals surface area contributed by atoms with Crippen molar-refractivity contribution >= 4 is 17.1 Å². The molecule has 0 aliphatic carbocycles. The molecule has 0 radical (unpaired) electrons. The number of hydrogen-bond donors (Lipinski definition) is 1. The Labute approximate surface area is 215 Å². The van der Waals surface area contributed by atoms with Crippen LogP contribution in [0.4, 0.5) is 0 Å². The maximum absolute atomic E-state index is 12.4. The first-order valence-corrected chi connectivity index (χ1v) is 12.7. The molecule has 0 spiro atoms. The monoisotopic (exact) mass is 501 g/mol. The fraction of sp³-hybridized carbons (Fsp3) is 0.345. The smallest absolute Gasteiger partial charge is 0.349 e. The van der Waals surface area contributed by atoms with Crippen LogP contribution in [0.2, 0.25) is 0 Å². The molecule has 0 amide bonds. The number of pyridine rings is 1. The van der Waals surface area contributed by atoms with Gasteiger partial charge in [-0.2, -0.15) is 0 Å². The summed E-state index contributed by atoms with van der Waals surface area (Å²) in [5.74, 6) is 1.63. The van der Waals surface area contributed by atoms with Crippen molar-refractivity contribution in [2.45, 2.75) is 59.1 Å². The third-order valence-corrected chi connectivity index (χ3v) is 6.54. The number of aliphatic carboxylic acids is 1. The van der Waals surface area contributed by atoms with Gasteiger partial charge in [0.05, 0.1) is 6.54 Å². The second kappa shape index (κ2) is 10.5. The quantitative estimate of drug-likeness (QED) is 0.301. The molecule has 2 aromatic carbocycles. The van der Waals surface area contributed by atoms with E-state index in [1.807, 2.05) is 19.1 Å². The number of carboxylic acid groups (broad SMARTS) is 1. The van der Waals surface area contributed by atoms with Crippen LogP contribution in [0.5, 0.6) is 17.2 Å². The summed E-state index contributed by atoms with van der Waals surface area (Å²) in [5, 5.41) is 10.1. The zero-order valence-electron chi connectivity index (χ0n) is 21.4. The Hall–Kier alpha value is -4.07. The molecule has 1 aliphatic heterocycles. The van der Waals surface area contributed by atoms with E-state index in [0.29, 0.717) is 29.4 Å². The van der Waals surface area contributed by atoms with E-state index in [1.54, 1.807) is 24.4 Å². The number of carboxylic acids is 1. The van der Waals surface area contributed by atoms with Crippen LogP contribution >= 0.6 is 0 Å². The number of carbonyl (C=O) groups is 1. The minimum Gasteiger partial charge on any atom is -0.478 e. The number of fused-ring (bicyclic) bond motifs is 2. The van der Waals surface area contributed by atoms with E-state index in [4.69, 9.17) is 14.2 Å². The molecule has 37 heavy (non-hydrogen) atoms. The molecule has 0 fully saturated rings. The Kier molecular flexibility index (Phi) is 6.99. The summed E-state index contributed by atoms with van der Waals surface area (Å²) in [6, 6.07) is 13.3. The molecule has 5 rings (SSSR count). The summed E-state index contributed by atoms with van der Waals surface area (Å²) in [7, 11) is 0. The van der Waals surface area contributed by atoms with E-state index in [9.17, 15) is 9.90 Å². The molecule has 1 aliphatic rings. The minimum absolute atomic E-state index is 0.126. The lowest BCUT2D eigenvalue weighted by Crippen LogP contribution is -2.20. The largest absolute Gasteiger partial charge is 0.478 e. The van der Waals surface area contributed by atoms with Crippen LogP contribution in [0, 0.1) is 6.92 Å². The fourth-order valence-corrected chi connectivity index (χ4v) is 4.88. The molecule has 8 heteroatoms. The molecular formula is C29H31N3O5. The molecule has 4 aromatic rings. The van der Waals surface area contributed by atoms with Gasteiger partial charge in [0.2, 0.25) is 12.9 Å². The number of ether oxygens (including phenoxy) is 3. The Morgan fingerprint density at radius 1 is 1.08 bits per heavy atom. The minimum atomic E-state index is -1.17. The van der Waals surface area contributed by atoms with Crippen molar-refractivity contribution in [3.8, 4) is 17.2 Å². The maximum atomic E-state index is 12.4. The lowest BCUT2D eigenvalue weighted by Gasteiger charge is -2.22. The number of aromatic nitrogens is 3. The standard InChI is InChI=1S/C29H31N3O5/c1-4-7-20-13-19(16-32-18(3)31-23-9-6-12-30-28(23)32)14-21(8-5-2)26(20)37-27(29(33)34)22-10-11-24-25(15-22)36-17-35-24/h6,9-15,27H,4-5,7-8,16-17H2,1-3H3,(H,33,34). The lowest BCUT2D eigenvalue weighted by molar-refractivity contribution is -0.145. The van der Waals surface area contributed by atoms with E-state index < -0.39 is 12.1 Å². The van der Waals surface area contributed by atoms with Crippen LogP contribution in [0.1, 0.15) is 60.9 Å². The summed E-state index contributed by atoms with van der Waals surface area (Å²) in [6.45, 7) is 6.96. The highest BCUT2D eigenvalue weighted by atomic mass is 16.7. The molecule has 0 saturated carbocycles. The molecule has 8 nitrogen and oxygen atoms in total. The van der Waals surface area contributed by atoms with Crippen molar-refractivity contribution in [1.82, 2.24) is 14.5 Å². The van der Waals surface area contributed by atoms with Crippen LogP contribution in [0.15, 0.2) is 48.7 Å². The number of aryl methyl sites for hydroxylation is 3. The lowest BCUT2D eigenvalue weighted by atomic mass is 9.97. The first-order chi connectivity index (χ1) is 18.0. The van der Waals surface area contributed by atoms with E-state index in [0.717, 1.165) is 59.4 Å². The van der Waals surface area contributed by atoms with E-state index >= 15 is 0 Å². The molecule has 0 bridgehead atoms. The van der Waals surface area contributed by atoms with Crippen molar-refractivity contribution in [1.29, 1.82) is 0 Å². The second-order valence-corrected chi connectivity index (χ2v) is 9.28. The Morgan fingerprint density at radius 2 is 1.81 bits per heavy atom. The van der Waals surface area contributed by atoms with Gasteiger partial charge in [0.15, 0.2) is 17.1 Å². The zero-order valence-corrected chi connectivity index (χ0v) is 21.4. The van der Waals surface area contributed by atoms with Crippen molar-refractivity contribution in [3.05, 3.63) is 76.7 Å². The maximum Gasteiger partial charge on any atom is 0.349 e. The third kappa shape index (κ3) is 4.96. The number of imidazole rings is 1. The van der Waals surface area contributed by atoms with Gasteiger partial charge in [-0.05, 0) is 60.7 Å². The average Bonchev–Trinajstić information content (AvgIpc) is 3.47. The summed E-state index contributed by atoms with van der Waals surface area (Å²) >= 11 is 0. The van der Waals surface area contributed by atoms with Gasteiger partial charge >= 0.3 is 5.97 Å². The second-order valence-electron chi connectivity index (χ2n) is 9.28. The summed E-state index contributed by atoms with van der Waals surface area (Å²) in [5.41, 5.74) is 5.36. The SMILES string of the molecule is CCCc1cc(Cn2c(C)nc3cccnc32)cc(CCC)c1OC(C(=O)O)c1ccc2c(c1)OCO2. The first kappa shape index (κ1) is 24.6. The van der Waals surface area contributed by atoms with Gasteiger partial charge in [0.25, 0.3) is 0 Å². The zero-order chi connectivity index (χ0) is 25.9. The molecule has 1 N–H and O–H groups in total. The van der Waals surface area contributed by atoms with Crippen LogP contribution in [0.3, 0.4) is 0 Å². The third-order valence-electron chi connectivity index (χ3n) is 6.54. The molecule has 0 saturated heterocycles. The van der Waals surface area contributed by atoms with Gasteiger partial charge in [-0.25, -0.2) is 14.8 Å². The topological polar surface area (TPSA) is 95.7 Å². The predicted molar refractivity (Wildman–Crippen MR) is 139 cm³/mol. The Balaban J connectivity index is 1.54. The van der Waals surface area contributed by atoms with Gasteiger partial charge in [-0.3, -0.25) is 0 Å².